The van der Waals surface area contributed by atoms with E-state index in [0.717, 1.165) is 5.56 Å². The first-order valence-corrected chi connectivity index (χ1v) is 7.02. The third-order valence-corrected chi connectivity index (χ3v) is 3.44. The van der Waals surface area contributed by atoms with Gasteiger partial charge < -0.3 is 5.11 Å². The Bertz CT molecular complexity index is 721. The molecule has 0 spiro atoms. The molecule has 2 rings (SSSR count). The van der Waals surface area contributed by atoms with Gasteiger partial charge in [0.25, 0.3) is 5.91 Å². The SMILES string of the molecule is CCCN1C(=N)C(C#N)=C(/C=C(\O)c2ccc(C)cc2)C1=O. The number of hydrogen-bond donors (Lipinski definition) is 2. The summed E-state index contributed by atoms with van der Waals surface area (Å²) in [6, 6.07) is 9.06. The first-order chi connectivity index (χ1) is 10.5. The lowest BCUT2D eigenvalue weighted by molar-refractivity contribution is -0.122. The maximum Gasteiger partial charge on any atom is 0.261 e. The van der Waals surface area contributed by atoms with Gasteiger partial charge in [-0.15, -0.1) is 0 Å². The van der Waals surface area contributed by atoms with Gasteiger partial charge in [-0.1, -0.05) is 36.8 Å². The second-order valence-electron chi connectivity index (χ2n) is 5.10. The number of carbonyl (C=O) groups excluding carboxylic acids is 1. The molecular weight excluding hydrogens is 278 g/mol. The fourth-order valence-corrected chi connectivity index (χ4v) is 2.24. The second-order valence-corrected chi connectivity index (χ2v) is 5.10. The predicted octanol–water partition coefficient (Wildman–Crippen LogP) is 2.94. The van der Waals surface area contributed by atoms with Gasteiger partial charge in [-0.25, -0.2) is 0 Å². The number of nitrogens with zero attached hydrogens (tertiary/aromatic N) is 2. The predicted molar refractivity (Wildman–Crippen MR) is 84.2 cm³/mol. The molecule has 5 heteroatoms. The van der Waals surface area contributed by atoms with E-state index in [0.29, 0.717) is 18.5 Å². The summed E-state index contributed by atoms with van der Waals surface area (Å²) in [6.45, 7) is 4.21. The largest absolute Gasteiger partial charge is 0.507 e. The van der Waals surface area contributed by atoms with Crippen LogP contribution in [0, 0.1) is 23.7 Å². The summed E-state index contributed by atoms with van der Waals surface area (Å²) in [7, 11) is 0. The molecule has 0 aromatic heterocycles. The molecule has 1 amide bonds. The summed E-state index contributed by atoms with van der Waals surface area (Å²) in [5.41, 5.74) is 1.68. The third kappa shape index (κ3) is 2.77. The molecular formula is C17H17N3O2. The van der Waals surface area contributed by atoms with Crippen LogP contribution in [0.3, 0.4) is 0 Å². The Morgan fingerprint density at radius 1 is 1.41 bits per heavy atom. The molecule has 0 aliphatic carbocycles. The minimum absolute atomic E-state index is 0.00267. The van der Waals surface area contributed by atoms with Gasteiger partial charge in [0.1, 0.15) is 23.2 Å². The monoisotopic (exact) mass is 295 g/mol. The highest BCUT2D eigenvalue weighted by Gasteiger charge is 2.34. The van der Waals surface area contributed by atoms with E-state index in [1.165, 1.54) is 11.0 Å². The van der Waals surface area contributed by atoms with E-state index >= 15 is 0 Å². The van der Waals surface area contributed by atoms with Crippen molar-refractivity contribution in [1.29, 1.82) is 10.7 Å². The van der Waals surface area contributed by atoms with E-state index in [4.69, 9.17) is 5.41 Å². The Morgan fingerprint density at radius 2 is 2.05 bits per heavy atom. The summed E-state index contributed by atoms with van der Waals surface area (Å²) in [5.74, 6) is -0.610. The Kier molecular flexibility index (Phi) is 4.42. The summed E-state index contributed by atoms with van der Waals surface area (Å²) in [4.78, 5) is 13.6. The van der Waals surface area contributed by atoms with Crippen molar-refractivity contribution in [1.82, 2.24) is 4.90 Å². The summed E-state index contributed by atoms with van der Waals surface area (Å²) in [6.07, 6.45) is 1.96. The number of benzene rings is 1. The second kappa shape index (κ2) is 6.27. The molecule has 0 radical (unpaired) electrons. The molecule has 1 aromatic rings. The molecule has 1 aromatic carbocycles. The van der Waals surface area contributed by atoms with Gasteiger partial charge in [0, 0.05) is 12.1 Å². The van der Waals surface area contributed by atoms with Gasteiger partial charge in [-0.05, 0) is 19.4 Å². The lowest BCUT2D eigenvalue weighted by Crippen LogP contribution is -2.31. The highest BCUT2D eigenvalue weighted by molar-refractivity contribution is 6.23. The molecule has 22 heavy (non-hydrogen) atoms. The van der Waals surface area contributed by atoms with Crippen molar-refractivity contribution in [2.75, 3.05) is 6.54 Å². The van der Waals surface area contributed by atoms with Crippen LogP contribution in [0.5, 0.6) is 0 Å². The molecule has 0 saturated heterocycles. The zero-order chi connectivity index (χ0) is 16.3. The number of hydrogen-bond acceptors (Lipinski definition) is 4. The topological polar surface area (TPSA) is 88.2 Å². The van der Waals surface area contributed by atoms with Crippen LogP contribution in [-0.4, -0.2) is 28.3 Å². The summed E-state index contributed by atoms with van der Waals surface area (Å²) < 4.78 is 0. The van der Waals surface area contributed by atoms with Crippen molar-refractivity contribution in [2.24, 2.45) is 0 Å². The fraction of sp³-hybridized carbons (Fsp3) is 0.235. The number of amides is 1. The molecule has 0 unspecified atom stereocenters. The average Bonchev–Trinajstić information content (AvgIpc) is 2.72. The molecule has 2 N–H and O–H groups in total. The van der Waals surface area contributed by atoms with E-state index in [-0.39, 0.29) is 22.7 Å². The number of aliphatic hydroxyl groups excluding tert-OH is 1. The van der Waals surface area contributed by atoms with Crippen molar-refractivity contribution in [2.45, 2.75) is 20.3 Å². The van der Waals surface area contributed by atoms with Gasteiger partial charge in [0.2, 0.25) is 0 Å². The van der Waals surface area contributed by atoms with Crippen molar-refractivity contribution < 1.29 is 9.90 Å². The minimum Gasteiger partial charge on any atom is -0.507 e. The summed E-state index contributed by atoms with van der Waals surface area (Å²) >= 11 is 0. The highest BCUT2D eigenvalue weighted by Crippen LogP contribution is 2.25. The van der Waals surface area contributed by atoms with E-state index in [2.05, 4.69) is 0 Å². The molecule has 112 valence electrons. The van der Waals surface area contributed by atoms with E-state index < -0.39 is 5.91 Å². The third-order valence-electron chi connectivity index (χ3n) is 3.44. The van der Waals surface area contributed by atoms with E-state index in [9.17, 15) is 15.2 Å². The van der Waals surface area contributed by atoms with Gasteiger partial charge in [-0.3, -0.25) is 15.1 Å². The van der Waals surface area contributed by atoms with Crippen LogP contribution >= 0.6 is 0 Å². The average molecular weight is 295 g/mol. The number of carbonyl (C=O) groups is 1. The number of aryl methyl sites for hydroxylation is 1. The van der Waals surface area contributed by atoms with Crippen LogP contribution in [0.1, 0.15) is 24.5 Å². The maximum absolute atomic E-state index is 12.3. The van der Waals surface area contributed by atoms with E-state index in [1.807, 2.05) is 32.0 Å². The molecule has 1 heterocycles. The number of aliphatic hydroxyl groups is 1. The molecule has 0 saturated carbocycles. The number of nitrogens with one attached hydrogen (secondary N) is 1. The normalized spacial score (nSPS) is 15.5. The van der Waals surface area contributed by atoms with Crippen LogP contribution in [0.15, 0.2) is 41.5 Å². The summed E-state index contributed by atoms with van der Waals surface area (Å²) in [5, 5.41) is 27.3. The number of amidine groups is 1. The van der Waals surface area contributed by atoms with Crippen LogP contribution in [0.25, 0.3) is 5.76 Å². The van der Waals surface area contributed by atoms with Crippen LogP contribution in [-0.2, 0) is 4.79 Å². The molecule has 0 bridgehead atoms. The van der Waals surface area contributed by atoms with E-state index in [1.54, 1.807) is 12.1 Å². The van der Waals surface area contributed by atoms with Gasteiger partial charge in [0.15, 0.2) is 0 Å². The Hall–Kier alpha value is -2.87. The number of rotatable bonds is 4. The molecule has 5 nitrogen and oxygen atoms in total. The molecule has 0 fully saturated rings. The van der Waals surface area contributed by atoms with Crippen molar-refractivity contribution in [3.05, 3.63) is 52.6 Å². The first kappa shape index (κ1) is 15.5. The van der Waals surface area contributed by atoms with Crippen LogP contribution < -0.4 is 0 Å². The maximum atomic E-state index is 12.3. The Balaban J connectivity index is 2.41. The highest BCUT2D eigenvalue weighted by atomic mass is 16.3. The van der Waals surface area contributed by atoms with Crippen molar-refractivity contribution in [3.8, 4) is 6.07 Å². The fourth-order valence-electron chi connectivity index (χ4n) is 2.24. The zero-order valence-corrected chi connectivity index (χ0v) is 12.6. The van der Waals surface area contributed by atoms with Gasteiger partial charge in [0.05, 0.1) is 5.57 Å². The number of nitriles is 1. The molecule has 1 aliphatic heterocycles. The lowest BCUT2D eigenvalue weighted by atomic mass is 10.1. The molecule has 1 aliphatic rings. The van der Waals surface area contributed by atoms with Gasteiger partial charge in [-0.2, -0.15) is 5.26 Å². The van der Waals surface area contributed by atoms with Crippen molar-refractivity contribution >= 4 is 17.5 Å². The van der Waals surface area contributed by atoms with Crippen LogP contribution in [0.4, 0.5) is 0 Å². The first-order valence-electron chi connectivity index (χ1n) is 7.02. The smallest absolute Gasteiger partial charge is 0.261 e. The Labute approximate surface area is 129 Å². The minimum atomic E-state index is -0.415. The van der Waals surface area contributed by atoms with Gasteiger partial charge >= 0.3 is 0 Å². The quantitative estimate of drug-likeness (QED) is 0.837. The molecule has 0 atom stereocenters. The van der Waals surface area contributed by atoms with Crippen molar-refractivity contribution in [3.63, 3.8) is 0 Å². The van der Waals surface area contributed by atoms with Crippen LogP contribution in [0.2, 0.25) is 0 Å². The Morgan fingerprint density at radius 3 is 2.59 bits per heavy atom. The zero-order valence-electron chi connectivity index (χ0n) is 12.6. The lowest BCUT2D eigenvalue weighted by Gasteiger charge is -2.14. The standard InChI is InChI=1S/C17H17N3O2/c1-3-8-20-16(19)14(10-18)13(17(20)22)9-15(21)12-6-4-11(2)5-7-12/h4-7,9,19,21H,3,8H2,1-2H3/b15-9-,19-16?.